The van der Waals surface area contributed by atoms with Gasteiger partial charge in [-0.25, -0.2) is 13.8 Å². The number of fused-ring (bicyclic) bond motifs is 2. The molecule has 6 rings (SSSR count). The molecule has 11 atom stereocenters. The van der Waals surface area contributed by atoms with Crippen LogP contribution in [0.2, 0.25) is 0 Å². The fourth-order valence-corrected chi connectivity index (χ4v) is 11.6. The number of hydrogen-bond donors (Lipinski definition) is 3. The van der Waals surface area contributed by atoms with Crippen LogP contribution in [-0.2, 0) is 33.7 Å². The lowest BCUT2D eigenvalue weighted by molar-refractivity contribution is -0.142. The molecular weight excluding hydrogens is 676 g/mol. The van der Waals surface area contributed by atoms with Gasteiger partial charge < -0.3 is 19.9 Å². The third-order valence-electron chi connectivity index (χ3n) is 11.9. The van der Waals surface area contributed by atoms with Gasteiger partial charge in [0.1, 0.15) is 12.1 Å². The summed E-state index contributed by atoms with van der Waals surface area (Å²) in [5.74, 6) is 0.901. The third kappa shape index (κ3) is 8.66. The maximum absolute atomic E-state index is 14.0. The zero-order chi connectivity index (χ0) is 34.8. The van der Waals surface area contributed by atoms with Gasteiger partial charge in [0.05, 0.1) is 37.4 Å². The van der Waals surface area contributed by atoms with Crippen molar-refractivity contribution in [2.45, 2.75) is 126 Å². The second-order valence-electron chi connectivity index (χ2n) is 15.1. The Bertz CT molecular complexity index is 1360. The summed E-state index contributed by atoms with van der Waals surface area (Å²) in [4.78, 5) is 32.7. The van der Waals surface area contributed by atoms with Crippen molar-refractivity contribution in [3.63, 3.8) is 0 Å². The van der Waals surface area contributed by atoms with Gasteiger partial charge in [-0.15, -0.1) is 11.6 Å². The SMILES string of the molecule is COC1CC(CN(CC(F)F)C2CCc3nc(C)n(CCOC4CCC(Cl)CC4C4CC(C)NC5C(C(=O)O)CSC45)c(=O)c3C2)CCN1. The van der Waals surface area contributed by atoms with Crippen molar-refractivity contribution in [1.29, 1.82) is 0 Å². The standard InChI is InChI=1S/C35H54ClF2N5O5S/c1-19-12-25(33-32(40-19)27(18-49-33)35(45)46)24-14-22(36)4-7-29(24)48-11-10-43-20(2)41-28-6-5-23(15-26(28)34(43)44)42(17-30(37)38)16-21-8-9-39-31(13-21)47-3/h19,21-25,27,29-33,39-40H,4-18H2,1-3H3,(H,45,46). The number of piperidine rings is 2. The summed E-state index contributed by atoms with van der Waals surface area (Å²) in [7, 11) is 1.67. The first-order valence-corrected chi connectivity index (χ1v) is 19.7. The van der Waals surface area contributed by atoms with Crippen LogP contribution in [0.4, 0.5) is 8.78 Å². The van der Waals surface area contributed by atoms with Crippen LogP contribution in [0.15, 0.2) is 4.79 Å². The van der Waals surface area contributed by atoms with Crippen LogP contribution in [0.25, 0.3) is 0 Å². The molecule has 1 aromatic heterocycles. The van der Waals surface area contributed by atoms with E-state index in [-0.39, 0.29) is 65.0 Å². The first kappa shape index (κ1) is 37.4. The number of carbonyl (C=O) groups is 1. The second kappa shape index (κ2) is 16.5. The summed E-state index contributed by atoms with van der Waals surface area (Å²) in [5.41, 5.74) is 1.34. The fraction of sp³-hybridized carbons (Fsp3) is 0.857. The number of hydrogen-bond acceptors (Lipinski definition) is 9. The minimum Gasteiger partial charge on any atom is -0.481 e. The minimum absolute atomic E-state index is 0.0167. The Kier molecular flexibility index (Phi) is 12.6. The molecule has 0 bridgehead atoms. The number of carboxylic acids is 1. The van der Waals surface area contributed by atoms with Crippen LogP contribution >= 0.6 is 23.4 Å². The minimum atomic E-state index is -2.45. The molecule has 0 amide bonds. The fourth-order valence-electron chi connectivity index (χ4n) is 9.47. The molecule has 276 valence electrons. The maximum atomic E-state index is 14.0. The van der Waals surface area contributed by atoms with Gasteiger partial charge in [-0.05, 0) is 95.9 Å². The summed E-state index contributed by atoms with van der Waals surface area (Å²) in [6.45, 7) is 5.77. The van der Waals surface area contributed by atoms with E-state index in [0.717, 1.165) is 50.8 Å². The highest BCUT2D eigenvalue weighted by Crippen LogP contribution is 2.48. The molecule has 11 unspecified atom stereocenters. The molecule has 0 aromatic carbocycles. The number of thioether (sulfide) groups is 1. The predicted molar refractivity (Wildman–Crippen MR) is 187 cm³/mol. The van der Waals surface area contributed by atoms with Crippen molar-refractivity contribution in [3.8, 4) is 0 Å². The number of alkyl halides is 3. The number of aliphatic carboxylic acids is 1. The van der Waals surface area contributed by atoms with Crippen molar-refractivity contribution in [1.82, 2.24) is 25.1 Å². The summed E-state index contributed by atoms with van der Waals surface area (Å²) in [6.07, 6.45) is 4.36. The Morgan fingerprint density at radius 3 is 2.78 bits per heavy atom. The van der Waals surface area contributed by atoms with Crippen LogP contribution in [0.1, 0.15) is 69.0 Å². The molecule has 1 aromatic rings. The van der Waals surface area contributed by atoms with Crippen molar-refractivity contribution < 1.29 is 28.2 Å². The van der Waals surface area contributed by atoms with E-state index in [1.165, 1.54) is 0 Å². The van der Waals surface area contributed by atoms with Crippen LogP contribution < -0.4 is 16.2 Å². The number of nitrogens with one attached hydrogen (secondary N) is 2. The van der Waals surface area contributed by atoms with E-state index in [2.05, 4.69) is 17.6 Å². The number of aromatic nitrogens is 2. The van der Waals surface area contributed by atoms with Crippen LogP contribution in [0, 0.1) is 30.6 Å². The van der Waals surface area contributed by atoms with E-state index in [0.29, 0.717) is 62.0 Å². The number of aryl methyl sites for hydroxylation is 2. The van der Waals surface area contributed by atoms with Gasteiger partial charge in [-0.1, -0.05) is 0 Å². The van der Waals surface area contributed by atoms with E-state index in [4.69, 9.17) is 26.1 Å². The Morgan fingerprint density at radius 2 is 2.02 bits per heavy atom. The van der Waals surface area contributed by atoms with Gasteiger partial charge in [0, 0.05) is 53.7 Å². The van der Waals surface area contributed by atoms with Crippen molar-refractivity contribution in [2.24, 2.45) is 23.7 Å². The second-order valence-corrected chi connectivity index (χ2v) is 16.9. The highest BCUT2D eigenvalue weighted by Gasteiger charge is 2.51. The number of carboxylic acid groups (broad SMARTS) is 1. The maximum Gasteiger partial charge on any atom is 0.308 e. The average Bonchev–Trinajstić information content (AvgIpc) is 3.50. The number of halogens is 3. The van der Waals surface area contributed by atoms with Gasteiger partial charge in [0.25, 0.3) is 12.0 Å². The zero-order valence-corrected chi connectivity index (χ0v) is 30.6. The van der Waals surface area contributed by atoms with Gasteiger partial charge >= 0.3 is 5.97 Å². The number of nitrogens with zero attached hydrogens (tertiary/aromatic N) is 3. The molecule has 0 spiro atoms. The molecule has 4 fully saturated rings. The lowest BCUT2D eigenvalue weighted by atomic mass is 9.70. The molecule has 14 heteroatoms. The van der Waals surface area contributed by atoms with Crippen LogP contribution in [-0.4, -0.2) is 112 Å². The summed E-state index contributed by atoms with van der Waals surface area (Å²) < 4.78 is 41.4. The molecule has 0 radical (unpaired) electrons. The highest BCUT2D eigenvalue weighted by molar-refractivity contribution is 8.00. The number of ether oxygens (including phenoxy) is 2. The summed E-state index contributed by atoms with van der Waals surface area (Å²) in [6, 6.07) is 0.0160. The number of rotatable bonds is 12. The van der Waals surface area contributed by atoms with Gasteiger partial charge in [-0.2, -0.15) is 11.8 Å². The lowest BCUT2D eigenvalue weighted by Crippen LogP contribution is -2.57. The van der Waals surface area contributed by atoms with E-state index in [9.17, 15) is 23.5 Å². The Hall–Kier alpha value is -1.35. The Balaban J connectivity index is 1.13. The molecule has 3 N–H and O–H groups in total. The van der Waals surface area contributed by atoms with E-state index in [1.54, 1.807) is 23.4 Å². The van der Waals surface area contributed by atoms with Gasteiger partial charge in [0.2, 0.25) is 0 Å². The van der Waals surface area contributed by atoms with E-state index >= 15 is 0 Å². The molecule has 1 saturated carbocycles. The normalized spacial score (nSPS) is 36.5. The first-order chi connectivity index (χ1) is 23.5. The summed E-state index contributed by atoms with van der Waals surface area (Å²) in [5, 5.41) is 17.0. The molecule has 2 aliphatic carbocycles. The zero-order valence-electron chi connectivity index (χ0n) is 29.0. The van der Waals surface area contributed by atoms with Crippen LogP contribution in [0.5, 0.6) is 0 Å². The van der Waals surface area contributed by atoms with Crippen LogP contribution in [0.3, 0.4) is 0 Å². The van der Waals surface area contributed by atoms with Gasteiger partial charge in [0.15, 0.2) is 0 Å². The molecule has 10 nitrogen and oxygen atoms in total. The average molecular weight is 730 g/mol. The topological polar surface area (TPSA) is 118 Å². The van der Waals surface area contributed by atoms with Crippen molar-refractivity contribution >= 4 is 29.3 Å². The first-order valence-electron chi connectivity index (χ1n) is 18.3. The Labute approximate surface area is 297 Å². The largest absolute Gasteiger partial charge is 0.481 e. The monoisotopic (exact) mass is 729 g/mol. The molecule has 3 saturated heterocycles. The highest BCUT2D eigenvalue weighted by atomic mass is 35.5. The lowest BCUT2D eigenvalue weighted by Gasteiger charge is -2.47. The molecule has 49 heavy (non-hydrogen) atoms. The number of methoxy groups -OCH3 is 1. The summed E-state index contributed by atoms with van der Waals surface area (Å²) >= 11 is 8.52. The van der Waals surface area contributed by atoms with E-state index in [1.807, 2.05) is 11.8 Å². The van der Waals surface area contributed by atoms with Crippen molar-refractivity contribution in [2.75, 3.05) is 39.1 Å². The van der Waals surface area contributed by atoms with Crippen molar-refractivity contribution in [3.05, 3.63) is 27.4 Å². The van der Waals surface area contributed by atoms with E-state index < -0.39 is 18.3 Å². The third-order valence-corrected chi connectivity index (χ3v) is 13.9. The molecular formula is C35H54ClF2N5O5S. The smallest absolute Gasteiger partial charge is 0.308 e. The molecule has 3 aliphatic heterocycles. The molecule has 4 heterocycles. The van der Waals surface area contributed by atoms with Gasteiger partial charge in [-0.3, -0.25) is 24.4 Å². The predicted octanol–water partition coefficient (Wildman–Crippen LogP) is 3.92. The Morgan fingerprint density at radius 1 is 1.20 bits per heavy atom. The quantitative estimate of drug-likeness (QED) is 0.274. The molecule has 5 aliphatic rings.